The van der Waals surface area contributed by atoms with Gasteiger partial charge in [0.05, 0.1) is 17.6 Å². The van der Waals surface area contributed by atoms with Crippen molar-refractivity contribution in [2.24, 2.45) is 5.92 Å². The number of aliphatic carboxylic acids is 1. The average Bonchev–Trinajstić information content (AvgIpc) is 2.78. The van der Waals surface area contributed by atoms with E-state index in [4.69, 9.17) is 21.4 Å². The highest BCUT2D eigenvalue weighted by molar-refractivity contribution is 6.29. The zero-order valence-corrected chi connectivity index (χ0v) is 17.6. The monoisotopic (exact) mass is 445 g/mol. The molecular formula is C22H24ClN3O5. The Morgan fingerprint density at radius 2 is 1.52 bits per heavy atom. The summed E-state index contributed by atoms with van der Waals surface area (Å²) in [6, 6.07) is 9.91. The van der Waals surface area contributed by atoms with Crippen molar-refractivity contribution in [3.8, 4) is 5.75 Å². The molecule has 0 bridgehead atoms. The summed E-state index contributed by atoms with van der Waals surface area (Å²) < 4.78 is 5.91. The largest absolute Gasteiger partial charge is 0.490 e. The van der Waals surface area contributed by atoms with Crippen molar-refractivity contribution in [1.29, 1.82) is 0 Å². The second kappa shape index (κ2) is 10.8. The van der Waals surface area contributed by atoms with E-state index in [1.165, 1.54) is 12.3 Å². The standard InChI is InChI=1S/C22H24ClN3O5/c23-19-10-5-16(13-26-19)21(28)25-12-11-24-20(27)14-1-6-17(7-2-14)31-18-8-3-15(4-9-18)22(29)30/h1-2,5-7,10,13,15,18H,3-4,8-9,11-12H2,(H,24,27)(H,25,28)(H,29,30). The van der Waals surface area contributed by atoms with Gasteiger partial charge in [-0.3, -0.25) is 14.4 Å². The molecule has 1 saturated carbocycles. The molecule has 0 unspecified atom stereocenters. The number of halogens is 1. The molecule has 0 aliphatic heterocycles. The Morgan fingerprint density at radius 1 is 0.935 bits per heavy atom. The number of carbonyl (C=O) groups excluding carboxylic acids is 2. The Bertz CT molecular complexity index is 910. The lowest BCUT2D eigenvalue weighted by molar-refractivity contribution is -0.143. The first-order valence-electron chi connectivity index (χ1n) is 10.1. The van der Waals surface area contributed by atoms with Crippen LogP contribution in [0.2, 0.25) is 5.15 Å². The molecule has 164 valence electrons. The highest BCUT2D eigenvalue weighted by Crippen LogP contribution is 2.28. The van der Waals surface area contributed by atoms with Crippen LogP contribution in [0.25, 0.3) is 0 Å². The van der Waals surface area contributed by atoms with E-state index >= 15 is 0 Å². The zero-order chi connectivity index (χ0) is 22.2. The van der Waals surface area contributed by atoms with Gasteiger partial charge in [-0.25, -0.2) is 4.98 Å². The molecule has 1 fully saturated rings. The summed E-state index contributed by atoms with van der Waals surface area (Å²) in [5.74, 6) is -0.915. The van der Waals surface area contributed by atoms with Gasteiger partial charge >= 0.3 is 5.97 Å². The summed E-state index contributed by atoms with van der Waals surface area (Å²) in [5, 5.41) is 14.8. The first-order valence-corrected chi connectivity index (χ1v) is 10.5. The predicted octanol–water partition coefficient (Wildman–Crippen LogP) is 2.92. The van der Waals surface area contributed by atoms with Crippen molar-refractivity contribution in [1.82, 2.24) is 15.6 Å². The third kappa shape index (κ3) is 6.68. The molecule has 8 nitrogen and oxygen atoms in total. The maximum absolute atomic E-state index is 12.3. The molecule has 0 atom stereocenters. The van der Waals surface area contributed by atoms with Crippen LogP contribution in [0.1, 0.15) is 46.4 Å². The van der Waals surface area contributed by atoms with Crippen molar-refractivity contribution in [3.63, 3.8) is 0 Å². The van der Waals surface area contributed by atoms with Crippen molar-refractivity contribution in [2.75, 3.05) is 13.1 Å². The SMILES string of the molecule is O=C(NCCNC(=O)c1ccc(Cl)nc1)c1ccc(OC2CCC(C(=O)O)CC2)cc1. The van der Waals surface area contributed by atoms with E-state index in [0.717, 1.165) is 0 Å². The highest BCUT2D eigenvalue weighted by Gasteiger charge is 2.26. The van der Waals surface area contributed by atoms with Gasteiger partial charge < -0.3 is 20.5 Å². The second-order valence-electron chi connectivity index (χ2n) is 7.34. The number of carboxylic acid groups (broad SMARTS) is 1. The van der Waals surface area contributed by atoms with Gasteiger partial charge in [0.2, 0.25) is 0 Å². The van der Waals surface area contributed by atoms with Crippen LogP contribution in [-0.2, 0) is 4.79 Å². The van der Waals surface area contributed by atoms with Gasteiger partial charge in [-0.05, 0) is 62.1 Å². The van der Waals surface area contributed by atoms with E-state index in [-0.39, 0.29) is 36.9 Å². The molecule has 1 aliphatic rings. The fraction of sp³-hybridized carbons (Fsp3) is 0.364. The minimum absolute atomic E-state index is 0.00488. The van der Waals surface area contributed by atoms with Crippen LogP contribution < -0.4 is 15.4 Å². The number of carboxylic acids is 1. The number of hydrogen-bond acceptors (Lipinski definition) is 5. The highest BCUT2D eigenvalue weighted by atomic mass is 35.5. The average molecular weight is 446 g/mol. The zero-order valence-electron chi connectivity index (χ0n) is 16.8. The van der Waals surface area contributed by atoms with Crippen LogP contribution in [-0.4, -0.2) is 47.1 Å². The molecule has 9 heteroatoms. The van der Waals surface area contributed by atoms with Crippen LogP contribution in [0.5, 0.6) is 5.75 Å². The minimum atomic E-state index is -0.740. The van der Waals surface area contributed by atoms with Crippen molar-refractivity contribution in [3.05, 3.63) is 58.9 Å². The fourth-order valence-corrected chi connectivity index (χ4v) is 3.48. The third-order valence-corrected chi connectivity index (χ3v) is 5.35. The number of rotatable bonds is 8. The maximum Gasteiger partial charge on any atom is 0.306 e. The Kier molecular flexibility index (Phi) is 7.83. The van der Waals surface area contributed by atoms with Gasteiger partial charge in [-0.15, -0.1) is 0 Å². The third-order valence-electron chi connectivity index (χ3n) is 5.13. The first kappa shape index (κ1) is 22.6. The summed E-state index contributed by atoms with van der Waals surface area (Å²) in [5.41, 5.74) is 0.873. The van der Waals surface area contributed by atoms with Gasteiger partial charge in [-0.1, -0.05) is 11.6 Å². The van der Waals surface area contributed by atoms with Crippen LogP contribution in [0, 0.1) is 5.92 Å². The van der Waals surface area contributed by atoms with E-state index in [9.17, 15) is 14.4 Å². The van der Waals surface area contributed by atoms with Crippen molar-refractivity contribution < 1.29 is 24.2 Å². The molecular weight excluding hydrogens is 422 g/mol. The lowest BCUT2D eigenvalue weighted by atomic mass is 9.87. The van der Waals surface area contributed by atoms with E-state index in [2.05, 4.69) is 15.6 Å². The molecule has 0 saturated heterocycles. The second-order valence-corrected chi connectivity index (χ2v) is 7.72. The molecule has 1 heterocycles. The van der Waals surface area contributed by atoms with E-state index < -0.39 is 5.97 Å². The van der Waals surface area contributed by atoms with Crippen molar-refractivity contribution >= 4 is 29.4 Å². The first-order chi connectivity index (χ1) is 14.9. The van der Waals surface area contributed by atoms with Crippen LogP contribution >= 0.6 is 11.6 Å². The summed E-state index contributed by atoms with van der Waals surface area (Å²) in [6.45, 7) is 0.546. The Balaban J connectivity index is 1.38. The lowest BCUT2D eigenvalue weighted by Crippen LogP contribution is -2.34. The summed E-state index contributed by atoms with van der Waals surface area (Å²) in [6.07, 6.45) is 4.03. The number of nitrogens with zero attached hydrogens (tertiary/aromatic N) is 1. The van der Waals surface area contributed by atoms with E-state index in [0.29, 0.717) is 47.7 Å². The molecule has 1 aliphatic carbocycles. The predicted molar refractivity (Wildman–Crippen MR) is 114 cm³/mol. The maximum atomic E-state index is 12.3. The molecule has 0 spiro atoms. The summed E-state index contributed by atoms with van der Waals surface area (Å²) in [4.78, 5) is 39.1. The van der Waals surface area contributed by atoms with E-state index in [1.54, 1.807) is 30.3 Å². The fourth-order valence-electron chi connectivity index (χ4n) is 3.37. The normalized spacial score (nSPS) is 18.1. The molecule has 3 N–H and O–H groups in total. The molecule has 31 heavy (non-hydrogen) atoms. The lowest BCUT2D eigenvalue weighted by Gasteiger charge is -2.26. The molecule has 2 aromatic rings. The minimum Gasteiger partial charge on any atom is -0.490 e. The smallest absolute Gasteiger partial charge is 0.306 e. The topological polar surface area (TPSA) is 118 Å². The Labute approximate surface area is 185 Å². The van der Waals surface area contributed by atoms with Gasteiger partial charge in [0, 0.05) is 24.8 Å². The molecule has 1 aromatic heterocycles. The molecule has 2 amide bonds. The van der Waals surface area contributed by atoms with Gasteiger partial charge in [0.1, 0.15) is 10.9 Å². The number of benzene rings is 1. The molecule has 3 rings (SSSR count). The van der Waals surface area contributed by atoms with Crippen LogP contribution in [0.3, 0.4) is 0 Å². The number of carbonyl (C=O) groups is 3. The quantitative estimate of drug-likeness (QED) is 0.424. The molecule has 1 aromatic carbocycles. The number of aromatic nitrogens is 1. The van der Waals surface area contributed by atoms with Gasteiger partial charge in [0.15, 0.2) is 0 Å². The number of amides is 2. The number of pyridine rings is 1. The number of ether oxygens (including phenoxy) is 1. The van der Waals surface area contributed by atoms with Crippen LogP contribution in [0.15, 0.2) is 42.6 Å². The number of nitrogens with one attached hydrogen (secondary N) is 2. The summed E-state index contributed by atoms with van der Waals surface area (Å²) in [7, 11) is 0. The van der Waals surface area contributed by atoms with Crippen molar-refractivity contribution in [2.45, 2.75) is 31.8 Å². The summed E-state index contributed by atoms with van der Waals surface area (Å²) >= 11 is 5.69. The van der Waals surface area contributed by atoms with Crippen LogP contribution in [0.4, 0.5) is 0 Å². The van der Waals surface area contributed by atoms with Gasteiger partial charge in [0.25, 0.3) is 11.8 Å². The number of hydrogen-bond donors (Lipinski definition) is 3. The Morgan fingerprint density at radius 3 is 2.06 bits per heavy atom. The Hall–Kier alpha value is -3.13. The molecule has 0 radical (unpaired) electrons. The van der Waals surface area contributed by atoms with E-state index in [1.807, 2.05) is 0 Å². The van der Waals surface area contributed by atoms with Gasteiger partial charge in [-0.2, -0.15) is 0 Å².